The number of likely N-dealkylation sites (tertiary alicyclic amines) is 1. The fourth-order valence-corrected chi connectivity index (χ4v) is 2.25. The molecule has 1 atom stereocenters. The average molecular weight is 254 g/mol. The summed E-state index contributed by atoms with van der Waals surface area (Å²) < 4.78 is 0. The normalized spacial score (nSPS) is 20.7. The first-order chi connectivity index (χ1) is 8.08. The maximum atomic E-state index is 11.9. The van der Waals surface area contributed by atoms with Gasteiger partial charge in [0.2, 0.25) is 5.91 Å². The maximum absolute atomic E-state index is 11.9. The topological polar surface area (TPSA) is 59.2 Å². The van der Waals surface area contributed by atoms with Gasteiger partial charge in [0, 0.05) is 12.5 Å². The van der Waals surface area contributed by atoms with Crippen LogP contribution in [0.3, 0.4) is 0 Å². The van der Waals surface area contributed by atoms with E-state index in [0.29, 0.717) is 23.1 Å². The molecule has 1 saturated heterocycles. The summed E-state index contributed by atoms with van der Waals surface area (Å²) in [7, 11) is 0. The first-order valence-corrected chi connectivity index (χ1v) is 6.15. The molecular formula is C12H16ClN3O. The molecule has 0 saturated carbocycles. The third-order valence-corrected chi connectivity index (χ3v) is 3.42. The highest BCUT2D eigenvalue weighted by molar-refractivity contribution is 6.31. The molecule has 2 heterocycles. The van der Waals surface area contributed by atoms with Gasteiger partial charge < -0.3 is 10.6 Å². The van der Waals surface area contributed by atoms with Crippen molar-refractivity contribution in [3.8, 4) is 0 Å². The van der Waals surface area contributed by atoms with Crippen LogP contribution in [0.2, 0.25) is 5.02 Å². The van der Waals surface area contributed by atoms with Crippen molar-refractivity contribution in [3.05, 3.63) is 22.8 Å². The van der Waals surface area contributed by atoms with Crippen molar-refractivity contribution in [2.24, 2.45) is 5.92 Å². The number of halogens is 1. The predicted molar refractivity (Wildman–Crippen MR) is 67.5 cm³/mol. The molecule has 0 aromatic carbocycles. The smallest absolute Gasteiger partial charge is 0.225 e. The van der Waals surface area contributed by atoms with E-state index in [1.54, 1.807) is 12.1 Å². The number of carbonyl (C=O) groups excluding carboxylic acids is 1. The van der Waals surface area contributed by atoms with E-state index < -0.39 is 0 Å². The molecule has 1 fully saturated rings. The molecule has 1 aliphatic rings. The second-order valence-corrected chi connectivity index (χ2v) is 4.87. The van der Waals surface area contributed by atoms with Gasteiger partial charge in [-0.25, -0.2) is 4.98 Å². The number of pyridine rings is 1. The lowest BCUT2D eigenvalue weighted by molar-refractivity contribution is -0.138. The minimum Gasteiger partial charge on any atom is -0.384 e. The lowest BCUT2D eigenvalue weighted by Crippen LogP contribution is -2.39. The van der Waals surface area contributed by atoms with Gasteiger partial charge in [0.15, 0.2) is 0 Å². The van der Waals surface area contributed by atoms with Crippen LogP contribution in [0.4, 0.5) is 5.82 Å². The molecule has 4 nitrogen and oxygen atoms in total. The lowest BCUT2D eigenvalue weighted by Gasteiger charge is -2.30. The van der Waals surface area contributed by atoms with Crippen molar-refractivity contribution in [1.82, 2.24) is 9.88 Å². The number of nitrogens with zero attached hydrogens (tertiary/aromatic N) is 2. The zero-order chi connectivity index (χ0) is 12.4. The first-order valence-electron chi connectivity index (χ1n) is 5.77. The molecule has 0 bridgehead atoms. The molecule has 1 amide bonds. The van der Waals surface area contributed by atoms with Gasteiger partial charge in [0.05, 0.1) is 17.3 Å². The molecule has 1 aromatic rings. The van der Waals surface area contributed by atoms with Crippen molar-refractivity contribution in [1.29, 1.82) is 0 Å². The number of hydrogen-bond donors (Lipinski definition) is 1. The van der Waals surface area contributed by atoms with Crippen LogP contribution in [0.25, 0.3) is 0 Å². The van der Waals surface area contributed by atoms with E-state index in [2.05, 4.69) is 4.98 Å². The number of aromatic nitrogens is 1. The van der Waals surface area contributed by atoms with Crippen LogP contribution >= 0.6 is 11.6 Å². The fourth-order valence-electron chi connectivity index (χ4n) is 2.08. The van der Waals surface area contributed by atoms with Crippen LogP contribution in [0.15, 0.2) is 12.1 Å². The number of nitrogen functional groups attached to an aromatic ring is 1. The first kappa shape index (κ1) is 12.2. The number of amides is 1. The van der Waals surface area contributed by atoms with E-state index in [1.165, 1.54) is 0 Å². The van der Waals surface area contributed by atoms with Gasteiger partial charge in [-0.05, 0) is 25.0 Å². The van der Waals surface area contributed by atoms with Gasteiger partial charge in [-0.3, -0.25) is 4.79 Å². The zero-order valence-electron chi connectivity index (χ0n) is 9.82. The minimum atomic E-state index is 0.101. The molecule has 1 aromatic heterocycles. The summed E-state index contributed by atoms with van der Waals surface area (Å²) in [6.07, 6.45) is 2.00. The minimum absolute atomic E-state index is 0.101. The van der Waals surface area contributed by atoms with Gasteiger partial charge in [-0.2, -0.15) is 0 Å². The highest BCUT2D eigenvalue weighted by atomic mass is 35.5. The van der Waals surface area contributed by atoms with Crippen LogP contribution < -0.4 is 5.73 Å². The Morgan fingerprint density at radius 3 is 3.12 bits per heavy atom. The maximum Gasteiger partial charge on any atom is 0.225 e. The Bertz CT molecular complexity index is 436. The summed E-state index contributed by atoms with van der Waals surface area (Å²) >= 11 is 6.04. The molecule has 5 heteroatoms. The molecular weight excluding hydrogens is 238 g/mol. The highest BCUT2D eigenvalue weighted by Crippen LogP contribution is 2.22. The highest BCUT2D eigenvalue weighted by Gasteiger charge is 2.25. The lowest BCUT2D eigenvalue weighted by atomic mass is 9.99. The van der Waals surface area contributed by atoms with E-state index >= 15 is 0 Å². The molecule has 0 radical (unpaired) electrons. The van der Waals surface area contributed by atoms with Crippen LogP contribution in [-0.4, -0.2) is 22.3 Å². The Morgan fingerprint density at radius 1 is 1.59 bits per heavy atom. The van der Waals surface area contributed by atoms with Crippen molar-refractivity contribution in [3.63, 3.8) is 0 Å². The van der Waals surface area contributed by atoms with Gasteiger partial charge in [0.25, 0.3) is 0 Å². The van der Waals surface area contributed by atoms with Gasteiger partial charge in [-0.15, -0.1) is 0 Å². The van der Waals surface area contributed by atoms with Gasteiger partial charge in [-0.1, -0.05) is 18.5 Å². The molecule has 2 rings (SSSR count). The Hall–Kier alpha value is -1.29. The molecule has 0 spiro atoms. The largest absolute Gasteiger partial charge is 0.384 e. The third kappa shape index (κ3) is 2.69. The van der Waals surface area contributed by atoms with E-state index in [9.17, 15) is 4.79 Å². The summed E-state index contributed by atoms with van der Waals surface area (Å²) in [6.45, 7) is 3.19. The van der Waals surface area contributed by atoms with E-state index in [1.807, 2.05) is 11.8 Å². The Kier molecular flexibility index (Phi) is 3.52. The SMILES string of the molecule is CC1CCCN(Cc2nc(N)ccc2Cl)C1=O. The second-order valence-electron chi connectivity index (χ2n) is 4.47. The van der Waals surface area contributed by atoms with Crippen molar-refractivity contribution < 1.29 is 4.79 Å². The molecule has 92 valence electrons. The predicted octanol–water partition coefficient (Wildman–Crippen LogP) is 2.08. The van der Waals surface area contributed by atoms with Crippen LogP contribution in [0.5, 0.6) is 0 Å². The van der Waals surface area contributed by atoms with Crippen LogP contribution in [-0.2, 0) is 11.3 Å². The zero-order valence-corrected chi connectivity index (χ0v) is 10.6. The third-order valence-electron chi connectivity index (χ3n) is 3.08. The molecule has 17 heavy (non-hydrogen) atoms. The number of rotatable bonds is 2. The summed E-state index contributed by atoms with van der Waals surface area (Å²) in [5, 5.41) is 0.560. The number of hydrogen-bond acceptors (Lipinski definition) is 3. The van der Waals surface area contributed by atoms with Gasteiger partial charge in [0.1, 0.15) is 5.82 Å². The van der Waals surface area contributed by atoms with Crippen molar-refractivity contribution in [2.45, 2.75) is 26.3 Å². The van der Waals surface area contributed by atoms with Crippen LogP contribution in [0.1, 0.15) is 25.5 Å². The second kappa shape index (κ2) is 4.92. The van der Waals surface area contributed by atoms with Crippen molar-refractivity contribution in [2.75, 3.05) is 12.3 Å². The Balaban J connectivity index is 2.14. The quantitative estimate of drug-likeness (QED) is 0.878. The Labute approximate surface area is 106 Å². The molecule has 0 aliphatic carbocycles. The van der Waals surface area contributed by atoms with E-state index in [4.69, 9.17) is 17.3 Å². The number of nitrogens with two attached hydrogens (primary N) is 1. The summed E-state index contributed by atoms with van der Waals surface area (Å²) in [5.74, 6) is 0.710. The molecule has 1 aliphatic heterocycles. The van der Waals surface area contributed by atoms with Gasteiger partial charge >= 0.3 is 0 Å². The fraction of sp³-hybridized carbons (Fsp3) is 0.500. The van der Waals surface area contributed by atoms with E-state index in [-0.39, 0.29) is 11.8 Å². The summed E-state index contributed by atoms with van der Waals surface area (Å²) in [5.41, 5.74) is 6.30. The summed E-state index contributed by atoms with van der Waals surface area (Å²) in [6, 6.07) is 3.38. The number of anilines is 1. The average Bonchev–Trinajstić information content (AvgIpc) is 2.30. The molecule has 1 unspecified atom stereocenters. The number of carbonyl (C=O) groups is 1. The summed E-state index contributed by atoms with van der Waals surface area (Å²) in [4.78, 5) is 17.9. The van der Waals surface area contributed by atoms with Crippen LogP contribution in [0, 0.1) is 5.92 Å². The Morgan fingerprint density at radius 2 is 2.35 bits per heavy atom. The van der Waals surface area contributed by atoms with E-state index in [0.717, 1.165) is 19.4 Å². The standard InChI is InChI=1S/C12H16ClN3O/c1-8-3-2-6-16(12(8)17)7-10-9(13)4-5-11(14)15-10/h4-5,8H,2-3,6-7H2,1H3,(H2,14,15). The number of piperidine rings is 1. The molecule has 2 N–H and O–H groups in total. The van der Waals surface area contributed by atoms with Crippen molar-refractivity contribution >= 4 is 23.3 Å². The monoisotopic (exact) mass is 253 g/mol.